The average Bonchev–Trinajstić information content (AvgIpc) is 2.71. The van der Waals surface area contributed by atoms with Gasteiger partial charge < -0.3 is 10.6 Å². The summed E-state index contributed by atoms with van der Waals surface area (Å²) in [6.07, 6.45) is 3.29. The fourth-order valence-corrected chi connectivity index (χ4v) is 3.01. The van der Waals surface area contributed by atoms with Crippen LogP contribution in [0.2, 0.25) is 0 Å². The van der Waals surface area contributed by atoms with Crippen molar-refractivity contribution < 1.29 is 4.79 Å². The molecule has 0 saturated heterocycles. The van der Waals surface area contributed by atoms with Gasteiger partial charge in [-0.15, -0.1) is 0 Å². The van der Waals surface area contributed by atoms with E-state index in [-0.39, 0.29) is 5.91 Å². The molecule has 0 aliphatic carbocycles. The van der Waals surface area contributed by atoms with Gasteiger partial charge in [-0.05, 0) is 55.3 Å². The van der Waals surface area contributed by atoms with Crippen molar-refractivity contribution in [3.8, 4) is 0 Å². The number of aromatic nitrogens is 2. The minimum atomic E-state index is -0.219. The van der Waals surface area contributed by atoms with E-state index in [2.05, 4.69) is 38.8 Å². The largest absolute Gasteiger partial charge is 0.340 e. The Morgan fingerprint density at radius 2 is 1.75 bits per heavy atom. The Morgan fingerprint density at radius 3 is 2.57 bits per heavy atom. The van der Waals surface area contributed by atoms with Gasteiger partial charge in [0.1, 0.15) is 5.82 Å². The molecule has 0 spiro atoms. The number of carbonyl (C=O) groups is 1. The van der Waals surface area contributed by atoms with E-state index in [1.54, 1.807) is 24.5 Å². The Labute approximate surface area is 163 Å². The number of pyridine rings is 2. The Kier molecular flexibility index (Phi) is 4.72. The van der Waals surface area contributed by atoms with Crippen LogP contribution in [0.4, 0.5) is 17.2 Å². The molecule has 0 aliphatic rings. The number of aryl methyl sites for hydroxylation is 2. The first-order valence-corrected chi connectivity index (χ1v) is 9.05. The van der Waals surface area contributed by atoms with Crippen LogP contribution in [-0.2, 0) is 0 Å². The molecule has 138 valence electrons. The summed E-state index contributed by atoms with van der Waals surface area (Å²) < 4.78 is 0. The van der Waals surface area contributed by atoms with Crippen molar-refractivity contribution >= 4 is 34.0 Å². The van der Waals surface area contributed by atoms with Crippen molar-refractivity contribution in [1.82, 2.24) is 9.97 Å². The standard InChI is InChI=1S/C23H20N4O/c1-15-8-9-16(2)20(13-15)26-21-11-10-18(14-25-21)23(28)27-19-7-3-5-17-6-4-12-24-22(17)19/h3-14H,1-2H3,(H,25,26)(H,27,28). The molecule has 5 nitrogen and oxygen atoms in total. The number of fused-ring (bicyclic) bond motifs is 1. The van der Waals surface area contributed by atoms with Gasteiger partial charge in [-0.3, -0.25) is 9.78 Å². The molecule has 0 saturated carbocycles. The van der Waals surface area contributed by atoms with E-state index in [0.717, 1.165) is 22.2 Å². The van der Waals surface area contributed by atoms with Crippen molar-refractivity contribution in [2.45, 2.75) is 13.8 Å². The van der Waals surface area contributed by atoms with E-state index >= 15 is 0 Å². The minimum absolute atomic E-state index is 0.219. The Morgan fingerprint density at radius 1 is 0.893 bits per heavy atom. The maximum absolute atomic E-state index is 12.6. The van der Waals surface area contributed by atoms with Crippen LogP contribution in [-0.4, -0.2) is 15.9 Å². The normalized spacial score (nSPS) is 10.6. The molecule has 2 N–H and O–H groups in total. The summed E-state index contributed by atoms with van der Waals surface area (Å²) in [7, 11) is 0. The molecule has 28 heavy (non-hydrogen) atoms. The number of hydrogen-bond donors (Lipinski definition) is 2. The number of rotatable bonds is 4. The summed E-state index contributed by atoms with van der Waals surface area (Å²) >= 11 is 0. The van der Waals surface area contributed by atoms with Gasteiger partial charge in [0.15, 0.2) is 0 Å². The highest BCUT2D eigenvalue weighted by Gasteiger charge is 2.10. The van der Waals surface area contributed by atoms with Crippen molar-refractivity contribution in [3.63, 3.8) is 0 Å². The second-order valence-corrected chi connectivity index (χ2v) is 6.71. The van der Waals surface area contributed by atoms with Crippen LogP contribution in [0.3, 0.4) is 0 Å². The predicted octanol–water partition coefficient (Wildman–Crippen LogP) is 5.24. The number of benzene rings is 2. The summed E-state index contributed by atoms with van der Waals surface area (Å²) in [6.45, 7) is 4.09. The first-order valence-electron chi connectivity index (χ1n) is 9.05. The monoisotopic (exact) mass is 368 g/mol. The van der Waals surface area contributed by atoms with Gasteiger partial charge in [0, 0.05) is 23.5 Å². The van der Waals surface area contributed by atoms with Crippen LogP contribution in [0, 0.1) is 13.8 Å². The van der Waals surface area contributed by atoms with E-state index in [0.29, 0.717) is 17.1 Å². The third-order valence-electron chi connectivity index (χ3n) is 4.56. The fourth-order valence-electron chi connectivity index (χ4n) is 3.01. The molecule has 2 aromatic carbocycles. The fraction of sp³-hybridized carbons (Fsp3) is 0.0870. The number of carbonyl (C=O) groups excluding carboxylic acids is 1. The molecular formula is C23H20N4O. The van der Waals surface area contributed by atoms with Crippen LogP contribution in [0.5, 0.6) is 0 Å². The number of anilines is 3. The molecule has 4 aromatic rings. The van der Waals surface area contributed by atoms with E-state index in [9.17, 15) is 4.79 Å². The highest BCUT2D eigenvalue weighted by atomic mass is 16.1. The Hall–Kier alpha value is -3.73. The zero-order valence-corrected chi connectivity index (χ0v) is 15.7. The summed E-state index contributed by atoms with van der Waals surface area (Å²) in [6, 6.07) is 19.3. The van der Waals surface area contributed by atoms with E-state index in [1.807, 2.05) is 44.2 Å². The molecule has 5 heteroatoms. The molecular weight excluding hydrogens is 348 g/mol. The van der Waals surface area contributed by atoms with Gasteiger partial charge in [-0.25, -0.2) is 4.98 Å². The van der Waals surface area contributed by atoms with Crippen LogP contribution in [0.1, 0.15) is 21.5 Å². The van der Waals surface area contributed by atoms with Gasteiger partial charge >= 0.3 is 0 Å². The average molecular weight is 368 g/mol. The van der Waals surface area contributed by atoms with Gasteiger partial charge in [0.2, 0.25) is 0 Å². The lowest BCUT2D eigenvalue weighted by Crippen LogP contribution is -2.13. The molecule has 0 atom stereocenters. The number of nitrogens with zero attached hydrogens (tertiary/aromatic N) is 2. The number of hydrogen-bond acceptors (Lipinski definition) is 4. The SMILES string of the molecule is Cc1ccc(C)c(Nc2ccc(C(=O)Nc3cccc4cccnc34)cn2)c1. The smallest absolute Gasteiger partial charge is 0.257 e. The first kappa shape index (κ1) is 17.7. The van der Waals surface area contributed by atoms with Crippen LogP contribution in [0.15, 0.2) is 73.1 Å². The second kappa shape index (κ2) is 7.48. The molecule has 0 unspecified atom stereocenters. The zero-order valence-electron chi connectivity index (χ0n) is 15.7. The molecule has 2 heterocycles. The molecule has 0 fully saturated rings. The summed E-state index contributed by atoms with van der Waals surface area (Å²) in [5.74, 6) is 0.473. The molecule has 2 aromatic heterocycles. The highest BCUT2D eigenvalue weighted by molar-refractivity contribution is 6.08. The molecule has 4 rings (SSSR count). The van der Waals surface area contributed by atoms with Crippen molar-refractivity contribution in [2.75, 3.05) is 10.6 Å². The maximum atomic E-state index is 12.6. The third kappa shape index (κ3) is 3.69. The van der Waals surface area contributed by atoms with E-state index < -0.39 is 0 Å². The Balaban J connectivity index is 1.52. The number of para-hydroxylation sites is 1. The lowest BCUT2D eigenvalue weighted by molar-refractivity contribution is 0.102. The van der Waals surface area contributed by atoms with Crippen molar-refractivity contribution in [3.05, 3.63) is 89.7 Å². The second-order valence-electron chi connectivity index (χ2n) is 6.71. The van der Waals surface area contributed by atoms with Crippen molar-refractivity contribution in [1.29, 1.82) is 0 Å². The molecule has 0 aliphatic heterocycles. The summed E-state index contributed by atoms with van der Waals surface area (Å²) in [5.41, 5.74) is 5.25. The Bertz CT molecular complexity index is 1150. The predicted molar refractivity (Wildman–Crippen MR) is 113 cm³/mol. The van der Waals surface area contributed by atoms with Gasteiger partial charge in [-0.2, -0.15) is 0 Å². The third-order valence-corrected chi connectivity index (χ3v) is 4.56. The first-order chi connectivity index (χ1) is 13.6. The lowest BCUT2D eigenvalue weighted by Gasteiger charge is -2.11. The molecule has 1 amide bonds. The van der Waals surface area contributed by atoms with Crippen molar-refractivity contribution in [2.24, 2.45) is 0 Å². The molecule has 0 bridgehead atoms. The van der Waals surface area contributed by atoms with Crippen LogP contribution < -0.4 is 10.6 Å². The van der Waals surface area contributed by atoms with Crippen LogP contribution in [0.25, 0.3) is 10.9 Å². The van der Waals surface area contributed by atoms with E-state index in [1.165, 1.54) is 5.56 Å². The number of nitrogens with one attached hydrogen (secondary N) is 2. The van der Waals surface area contributed by atoms with Gasteiger partial charge in [0.05, 0.1) is 16.8 Å². The highest BCUT2D eigenvalue weighted by Crippen LogP contribution is 2.23. The zero-order chi connectivity index (χ0) is 19.5. The topological polar surface area (TPSA) is 66.9 Å². The minimum Gasteiger partial charge on any atom is -0.340 e. The molecule has 0 radical (unpaired) electrons. The van der Waals surface area contributed by atoms with Crippen LogP contribution >= 0.6 is 0 Å². The van der Waals surface area contributed by atoms with Gasteiger partial charge in [-0.1, -0.05) is 30.3 Å². The quantitative estimate of drug-likeness (QED) is 0.517. The number of amides is 1. The van der Waals surface area contributed by atoms with Gasteiger partial charge in [0.25, 0.3) is 5.91 Å². The maximum Gasteiger partial charge on any atom is 0.257 e. The summed E-state index contributed by atoms with van der Waals surface area (Å²) in [5, 5.41) is 7.20. The van der Waals surface area contributed by atoms with E-state index in [4.69, 9.17) is 0 Å². The summed E-state index contributed by atoms with van der Waals surface area (Å²) in [4.78, 5) is 21.4. The lowest BCUT2D eigenvalue weighted by atomic mass is 10.1.